The van der Waals surface area contributed by atoms with E-state index in [9.17, 15) is 19.3 Å². The summed E-state index contributed by atoms with van der Waals surface area (Å²) in [6.07, 6.45) is 0.946. The van der Waals surface area contributed by atoms with Gasteiger partial charge in [-0.15, -0.1) is 0 Å². The summed E-state index contributed by atoms with van der Waals surface area (Å²) in [5.74, 6) is -0.875. The summed E-state index contributed by atoms with van der Waals surface area (Å²) in [5.41, 5.74) is 5.28. The van der Waals surface area contributed by atoms with E-state index in [2.05, 4.69) is 16.2 Å². The van der Waals surface area contributed by atoms with E-state index in [4.69, 9.17) is 4.74 Å². The van der Waals surface area contributed by atoms with Crippen LogP contribution in [0.5, 0.6) is 0 Å². The summed E-state index contributed by atoms with van der Waals surface area (Å²) in [6.45, 7) is 2.48. The minimum Gasteiger partial charge on any atom is -0.381 e. The summed E-state index contributed by atoms with van der Waals surface area (Å²) < 4.78 is 19.1. The Balaban J connectivity index is 1.86. The highest BCUT2D eigenvalue weighted by Gasteiger charge is 2.48. The van der Waals surface area contributed by atoms with Gasteiger partial charge in [0.2, 0.25) is 5.91 Å². The molecule has 3 N–H and O–H groups in total. The third-order valence-corrected chi connectivity index (χ3v) is 4.93. The lowest BCUT2D eigenvalue weighted by Gasteiger charge is -2.39. The van der Waals surface area contributed by atoms with Crippen LogP contribution in [0.1, 0.15) is 25.3 Å². The monoisotopic (exact) mass is 352 g/mol. The number of halogens is 1. The van der Waals surface area contributed by atoms with Crippen molar-refractivity contribution in [3.05, 3.63) is 45.8 Å². The Morgan fingerprint density at radius 1 is 1.40 bits per heavy atom. The molecule has 2 saturated heterocycles. The minimum absolute atomic E-state index is 0.393. The van der Waals surface area contributed by atoms with Gasteiger partial charge < -0.3 is 10.1 Å². The Labute approximate surface area is 144 Å². The lowest BCUT2D eigenvalue weighted by molar-refractivity contribution is -0.523. The summed E-state index contributed by atoms with van der Waals surface area (Å²) in [4.78, 5) is 23.6. The van der Waals surface area contributed by atoms with Crippen molar-refractivity contribution in [2.75, 3.05) is 13.2 Å². The van der Waals surface area contributed by atoms with Gasteiger partial charge in [-0.05, 0) is 37.5 Å². The lowest BCUT2D eigenvalue weighted by Crippen LogP contribution is -2.57. The summed E-state index contributed by atoms with van der Waals surface area (Å²) in [6, 6.07) is 3.51. The Morgan fingerprint density at radius 3 is 2.76 bits per heavy atom. The molecule has 3 rings (SSSR count). The normalized spacial score (nSPS) is 28.5. The van der Waals surface area contributed by atoms with Crippen LogP contribution in [0.2, 0.25) is 0 Å². The number of hydrogen-bond donors (Lipinski definition) is 3. The maximum Gasteiger partial charge on any atom is 0.254 e. The maximum absolute atomic E-state index is 13.7. The molecule has 2 aliphatic heterocycles. The molecule has 2 heterocycles. The van der Waals surface area contributed by atoms with Gasteiger partial charge in [-0.25, -0.2) is 15.2 Å². The fraction of sp³-hybridized carbons (Fsp3) is 0.562. The van der Waals surface area contributed by atoms with Crippen molar-refractivity contribution in [2.45, 2.75) is 43.4 Å². The molecule has 0 bridgehead atoms. The molecular formula is C16H21FN4O4. The smallest absolute Gasteiger partial charge is 0.254 e. The lowest BCUT2D eigenvalue weighted by atomic mass is 9.82. The van der Waals surface area contributed by atoms with E-state index < -0.39 is 40.3 Å². The van der Waals surface area contributed by atoms with Crippen molar-refractivity contribution in [2.24, 2.45) is 0 Å². The van der Waals surface area contributed by atoms with Crippen LogP contribution >= 0.6 is 0 Å². The first-order valence-corrected chi connectivity index (χ1v) is 8.23. The minimum atomic E-state index is -1.08. The predicted molar refractivity (Wildman–Crippen MR) is 86.6 cm³/mol. The number of hydrogen-bond acceptors (Lipinski definition) is 6. The van der Waals surface area contributed by atoms with Crippen molar-refractivity contribution in [1.82, 2.24) is 16.2 Å². The standard InChI is InChI=1S/C16H21FN4O4/c1-10-14(21(23)24)13(20-19-10)15(22)18-16(5-7-25-8-6-16)11-3-2-4-12(17)9-11/h2-4,9-10,13-14,19-20H,5-8H2,1H3,(H,18,22). The third kappa shape index (κ3) is 3.48. The van der Waals surface area contributed by atoms with Gasteiger partial charge in [-0.3, -0.25) is 14.9 Å². The molecule has 1 aromatic carbocycles. The summed E-state index contributed by atoms with van der Waals surface area (Å²) in [5, 5.41) is 14.2. The fourth-order valence-corrected chi connectivity index (χ4v) is 3.51. The second-order valence-electron chi connectivity index (χ2n) is 6.53. The van der Waals surface area contributed by atoms with Crippen LogP contribution in [-0.4, -0.2) is 42.2 Å². The number of carbonyl (C=O) groups is 1. The van der Waals surface area contributed by atoms with Crippen LogP contribution in [-0.2, 0) is 15.1 Å². The first kappa shape index (κ1) is 17.7. The van der Waals surface area contributed by atoms with E-state index >= 15 is 0 Å². The molecule has 9 heteroatoms. The third-order valence-electron chi connectivity index (χ3n) is 4.93. The van der Waals surface area contributed by atoms with Crippen LogP contribution < -0.4 is 16.2 Å². The van der Waals surface area contributed by atoms with Crippen molar-refractivity contribution in [1.29, 1.82) is 0 Å². The van der Waals surface area contributed by atoms with Gasteiger partial charge in [0.25, 0.3) is 6.04 Å². The van der Waals surface area contributed by atoms with E-state index in [1.807, 2.05) is 0 Å². The molecule has 3 unspecified atom stereocenters. The van der Waals surface area contributed by atoms with E-state index in [0.717, 1.165) is 0 Å². The molecule has 3 atom stereocenters. The van der Waals surface area contributed by atoms with Gasteiger partial charge in [-0.1, -0.05) is 12.1 Å². The first-order chi connectivity index (χ1) is 11.9. The average Bonchev–Trinajstić information content (AvgIpc) is 2.98. The number of nitrogens with zero attached hydrogens (tertiary/aromatic N) is 1. The molecule has 0 spiro atoms. The molecule has 0 aliphatic carbocycles. The zero-order chi connectivity index (χ0) is 18.0. The van der Waals surface area contributed by atoms with Gasteiger partial charge >= 0.3 is 0 Å². The number of carbonyl (C=O) groups excluding carboxylic acids is 1. The van der Waals surface area contributed by atoms with Gasteiger partial charge in [0.15, 0.2) is 6.04 Å². The highest BCUT2D eigenvalue weighted by atomic mass is 19.1. The molecule has 25 heavy (non-hydrogen) atoms. The molecule has 0 radical (unpaired) electrons. The molecular weight excluding hydrogens is 331 g/mol. The van der Waals surface area contributed by atoms with E-state index in [0.29, 0.717) is 31.6 Å². The Morgan fingerprint density at radius 2 is 2.12 bits per heavy atom. The Bertz CT molecular complexity index is 665. The molecule has 1 amide bonds. The van der Waals surface area contributed by atoms with E-state index in [1.54, 1.807) is 19.1 Å². The largest absolute Gasteiger partial charge is 0.381 e. The zero-order valence-corrected chi connectivity index (χ0v) is 13.8. The highest BCUT2D eigenvalue weighted by Crippen LogP contribution is 2.33. The van der Waals surface area contributed by atoms with Crippen molar-refractivity contribution < 1.29 is 18.8 Å². The van der Waals surface area contributed by atoms with Gasteiger partial charge in [-0.2, -0.15) is 0 Å². The van der Waals surface area contributed by atoms with Crippen LogP contribution in [0.15, 0.2) is 24.3 Å². The fourth-order valence-electron chi connectivity index (χ4n) is 3.51. The van der Waals surface area contributed by atoms with Crippen molar-refractivity contribution in [3.63, 3.8) is 0 Å². The maximum atomic E-state index is 13.7. The average molecular weight is 352 g/mol. The number of hydrazine groups is 1. The summed E-state index contributed by atoms with van der Waals surface area (Å²) in [7, 11) is 0. The molecule has 8 nitrogen and oxygen atoms in total. The molecule has 0 saturated carbocycles. The molecule has 0 aromatic heterocycles. The SMILES string of the molecule is CC1NNC(C(=O)NC2(c3cccc(F)c3)CCOCC2)C1[N+](=O)[O-]. The van der Waals surface area contributed by atoms with Crippen molar-refractivity contribution >= 4 is 5.91 Å². The van der Waals surface area contributed by atoms with Gasteiger partial charge in [0.05, 0.1) is 11.6 Å². The number of benzene rings is 1. The van der Waals surface area contributed by atoms with E-state index in [1.165, 1.54) is 12.1 Å². The Kier molecular flexibility index (Phi) is 4.98. The zero-order valence-electron chi connectivity index (χ0n) is 13.8. The molecule has 136 valence electrons. The summed E-state index contributed by atoms with van der Waals surface area (Å²) >= 11 is 0. The number of ether oxygens (including phenoxy) is 1. The van der Waals surface area contributed by atoms with Gasteiger partial charge in [0, 0.05) is 18.1 Å². The molecule has 1 aromatic rings. The number of nitrogens with one attached hydrogen (secondary N) is 3. The highest BCUT2D eigenvalue weighted by molar-refractivity contribution is 5.83. The quantitative estimate of drug-likeness (QED) is 0.537. The Hall–Kier alpha value is -2.10. The number of nitro groups is 1. The van der Waals surface area contributed by atoms with Gasteiger partial charge in [0.1, 0.15) is 5.82 Å². The number of rotatable bonds is 4. The van der Waals surface area contributed by atoms with Crippen molar-refractivity contribution in [3.8, 4) is 0 Å². The second kappa shape index (κ2) is 7.03. The van der Waals surface area contributed by atoms with Crippen LogP contribution in [0.3, 0.4) is 0 Å². The van der Waals surface area contributed by atoms with Crippen LogP contribution in [0.25, 0.3) is 0 Å². The molecule has 2 aliphatic rings. The second-order valence-corrected chi connectivity index (χ2v) is 6.53. The topological polar surface area (TPSA) is 106 Å². The van der Waals surface area contributed by atoms with Crippen LogP contribution in [0, 0.1) is 15.9 Å². The predicted octanol–water partition coefficient (Wildman–Crippen LogP) is 0.458. The van der Waals surface area contributed by atoms with Crippen LogP contribution in [0.4, 0.5) is 4.39 Å². The number of amides is 1. The first-order valence-electron chi connectivity index (χ1n) is 8.23. The van der Waals surface area contributed by atoms with E-state index in [-0.39, 0.29) is 0 Å². The molecule has 2 fully saturated rings.